The highest BCUT2D eigenvalue weighted by Crippen LogP contribution is 2.30. The third-order valence-electron chi connectivity index (χ3n) is 4.16. The fraction of sp³-hybridized carbons (Fsp3) is 0.692. The van der Waals surface area contributed by atoms with E-state index in [-0.39, 0.29) is 0 Å². The Kier molecular flexibility index (Phi) is 3.42. The van der Waals surface area contributed by atoms with E-state index in [1.165, 1.54) is 32.1 Å². The summed E-state index contributed by atoms with van der Waals surface area (Å²) in [5.41, 5.74) is 6.64. The summed E-state index contributed by atoms with van der Waals surface area (Å²) >= 11 is 0. The molecule has 0 spiro atoms. The molecule has 0 radical (unpaired) electrons. The molecule has 3 rings (SSSR count). The molecule has 1 aromatic heterocycles. The van der Waals surface area contributed by atoms with Crippen LogP contribution >= 0.6 is 0 Å². The first-order valence-electron chi connectivity index (χ1n) is 6.93. The van der Waals surface area contributed by atoms with E-state index >= 15 is 0 Å². The van der Waals surface area contributed by atoms with Gasteiger partial charge in [0.15, 0.2) is 5.82 Å². The van der Waals surface area contributed by atoms with Gasteiger partial charge in [-0.2, -0.15) is 4.98 Å². The first kappa shape index (κ1) is 12.5. The molecule has 0 saturated carbocycles. The predicted molar refractivity (Wildman–Crippen MR) is 74.4 cm³/mol. The van der Waals surface area contributed by atoms with Crippen LogP contribution < -0.4 is 15.4 Å². The van der Waals surface area contributed by atoms with Crippen molar-refractivity contribution in [2.75, 3.05) is 43.9 Å². The van der Waals surface area contributed by atoms with Gasteiger partial charge in [-0.25, -0.2) is 4.98 Å². The number of methoxy groups -OCH3 is 1. The van der Waals surface area contributed by atoms with Crippen molar-refractivity contribution >= 4 is 11.5 Å². The predicted octanol–water partition coefficient (Wildman–Crippen LogP) is 0.742. The number of ether oxygens (including phenoxy) is 1. The molecule has 1 atom stereocenters. The highest BCUT2D eigenvalue weighted by molar-refractivity contribution is 5.67. The fourth-order valence-corrected chi connectivity index (χ4v) is 3.13. The molecule has 2 aliphatic heterocycles. The minimum absolute atomic E-state index is 0.469. The number of piperazine rings is 1. The van der Waals surface area contributed by atoms with Gasteiger partial charge in [0.1, 0.15) is 12.0 Å². The molecule has 0 bridgehead atoms. The second-order valence-electron chi connectivity index (χ2n) is 5.25. The van der Waals surface area contributed by atoms with E-state index < -0.39 is 0 Å². The average Bonchev–Trinajstić information content (AvgIpc) is 2.47. The molecule has 104 valence electrons. The molecule has 3 heterocycles. The van der Waals surface area contributed by atoms with Crippen molar-refractivity contribution in [1.29, 1.82) is 0 Å². The number of hydrogen-bond acceptors (Lipinski definition) is 6. The average molecular weight is 263 g/mol. The van der Waals surface area contributed by atoms with Gasteiger partial charge in [-0.1, -0.05) is 6.42 Å². The summed E-state index contributed by atoms with van der Waals surface area (Å²) in [6.45, 7) is 4.31. The Hall–Kier alpha value is -1.56. The lowest BCUT2D eigenvalue weighted by atomic mass is 9.99. The second-order valence-corrected chi connectivity index (χ2v) is 5.25. The number of piperidine rings is 1. The van der Waals surface area contributed by atoms with Crippen LogP contribution in [0, 0.1) is 0 Å². The molecule has 0 aromatic carbocycles. The summed E-state index contributed by atoms with van der Waals surface area (Å²) in [4.78, 5) is 13.2. The monoisotopic (exact) mass is 263 g/mol. The molecule has 0 aliphatic carbocycles. The van der Waals surface area contributed by atoms with Crippen LogP contribution in [0.4, 0.5) is 11.5 Å². The molecule has 2 aliphatic rings. The molecule has 6 heteroatoms. The van der Waals surface area contributed by atoms with E-state index in [1.54, 1.807) is 7.11 Å². The van der Waals surface area contributed by atoms with Crippen molar-refractivity contribution < 1.29 is 4.74 Å². The first-order chi connectivity index (χ1) is 9.29. The van der Waals surface area contributed by atoms with E-state index in [1.807, 2.05) is 0 Å². The molecule has 19 heavy (non-hydrogen) atoms. The minimum Gasteiger partial charge on any atom is -0.479 e. The van der Waals surface area contributed by atoms with Crippen molar-refractivity contribution in [3.63, 3.8) is 0 Å². The molecule has 1 unspecified atom stereocenters. The number of fused-ring (bicyclic) bond motifs is 1. The normalized spacial score (nSPS) is 24.1. The Morgan fingerprint density at radius 1 is 1.26 bits per heavy atom. The van der Waals surface area contributed by atoms with Crippen LogP contribution in [0.1, 0.15) is 19.3 Å². The van der Waals surface area contributed by atoms with Crippen LogP contribution in [0.5, 0.6) is 5.88 Å². The highest BCUT2D eigenvalue weighted by atomic mass is 16.5. The topological polar surface area (TPSA) is 67.5 Å². The van der Waals surface area contributed by atoms with E-state index in [4.69, 9.17) is 10.5 Å². The fourth-order valence-electron chi connectivity index (χ4n) is 3.13. The molecule has 1 aromatic rings. The van der Waals surface area contributed by atoms with E-state index in [0.29, 0.717) is 17.6 Å². The summed E-state index contributed by atoms with van der Waals surface area (Å²) in [5.74, 6) is 1.29. The smallest absolute Gasteiger partial charge is 0.242 e. The van der Waals surface area contributed by atoms with Crippen molar-refractivity contribution in [2.24, 2.45) is 0 Å². The molecule has 2 fully saturated rings. The summed E-state index contributed by atoms with van der Waals surface area (Å²) < 4.78 is 5.17. The Bertz CT molecular complexity index is 453. The van der Waals surface area contributed by atoms with Crippen LogP contribution in [-0.4, -0.2) is 54.2 Å². The molecule has 2 N–H and O–H groups in total. The van der Waals surface area contributed by atoms with E-state index in [9.17, 15) is 0 Å². The van der Waals surface area contributed by atoms with Gasteiger partial charge in [-0.05, 0) is 19.4 Å². The van der Waals surface area contributed by atoms with Crippen LogP contribution in [0.15, 0.2) is 6.33 Å². The summed E-state index contributed by atoms with van der Waals surface area (Å²) in [6, 6.07) is 0.642. The lowest BCUT2D eigenvalue weighted by molar-refractivity contribution is 0.133. The number of anilines is 2. The summed E-state index contributed by atoms with van der Waals surface area (Å²) in [7, 11) is 1.58. The van der Waals surface area contributed by atoms with Crippen LogP contribution in [-0.2, 0) is 0 Å². The zero-order valence-electron chi connectivity index (χ0n) is 11.4. The first-order valence-corrected chi connectivity index (χ1v) is 6.93. The Morgan fingerprint density at radius 2 is 2.16 bits per heavy atom. The van der Waals surface area contributed by atoms with Crippen molar-refractivity contribution in [3.05, 3.63) is 6.33 Å². The van der Waals surface area contributed by atoms with Gasteiger partial charge >= 0.3 is 0 Å². The largest absolute Gasteiger partial charge is 0.479 e. The van der Waals surface area contributed by atoms with Crippen molar-refractivity contribution in [2.45, 2.75) is 25.3 Å². The zero-order chi connectivity index (χ0) is 13.2. The maximum absolute atomic E-state index is 6.09. The molecule has 2 saturated heterocycles. The van der Waals surface area contributed by atoms with E-state index in [2.05, 4.69) is 19.8 Å². The van der Waals surface area contributed by atoms with Gasteiger partial charge in [0.2, 0.25) is 5.88 Å². The maximum Gasteiger partial charge on any atom is 0.242 e. The van der Waals surface area contributed by atoms with Gasteiger partial charge in [0, 0.05) is 25.7 Å². The number of nitrogens with zero attached hydrogens (tertiary/aromatic N) is 4. The number of nitrogens with two attached hydrogens (primary N) is 1. The molecule has 0 amide bonds. The standard InChI is InChI=1S/C13H21N5O/c1-19-13-11(14)12(15-9-16-13)18-7-6-17-5-3-2-4-10(17)8-18/h9-10H,2-8,14H2,1H3. The Labute approximate surface area is 113 Å². The zero-order valence-corrected chi connectivity index (χ0v) is 11.4. The van der Waals surface area contributed by atoms with Gasteiger partial charge in [-0.15, -0.1) is 0 Å². The molecule has 6 nitrogen and oxygen atoms in total. The Morgan fingerprint density at radius 3 is 3.00 bits per heavy atom. The number of aromatic nitrogens is 2. The van der Waals surface area contributed by atoms with Gasteiger partial charge in [-0.3, -0.25) is 4.90 Å². The van der Waals surface area contributed by atoms with Gasteiger partial charge in [0.05, 0.1) is 7.11 Å². The lowest BCUT2D eigenvalue weighted by Gasteiger charge is -2.44. The minimum atomic E-state index is 0.469. The summed E-state index contributed by atoms with van der Waals surface area (Å²) in [6.07, 6.45) is 5.47. The lowest BCUT2D eigenvalue weighted by Crippen LogP contribution is -2.55. The van der Waals surface area contributed by atoms with Gasteiger partial charge < -0.3 is 15.4 Å². The number of nitrogen functional groups attached to an aromatic ring is 1. The van der Waals surface area contributed by atoms with Crippen LogP contribution in [0.25, 0.3) is 0 Å². The SMILES string of the molecule is COc1ncnc(N2CCN3CCCCC3C2)c1N. The molecular weight excluding hydrogens is 242 g/mol. The van der Waals surface area contributed by atoms with E-state index in [0.717, 1.165) is 25.5 Å². The maximum atomic E-state index is 6.09. The van der Waals surface area contributed by atoms with Crippen molar-refractivity contribution in [3.8, 4) is 5.88 Å². The Balaban J connectivity index is 1.79. The van der Waals surface area contributed by atoms with Gasteiger partial charge in [0.25, 0.3) is 0 Å². The second kappa shape index (κ2) is 5.21. The number of rotatable bonds is 2. The molecular formula is C13H21N5O. The third-order valence-corrected chi connectivity index (χ3v) is 4.16. The third kappa shape index (κ3) is 2.32. The number of hydrogen-bond donors (Lipinski definition) is 1. The van der Waals surface area contributed by atoms with Crippen LogP contribution in [0.2, 0.25) is 0 Å². The quantitative estimate of drug-likeness (QED) is 0.849. The van der Waals surface area contributed by atoms with Crippen molar-refractivity contribution in [1.82, 2.24) is 14.9 Å². The summed E-state index contributed by atoms with van der Waals surface area (Å²) in [5, 5.41) is 0. The van der Waals surface area contributed by atoms with Crippen LogP contribution in [0.3, 0.4) is 0 Å². The highest BCUT2D eigenvalue weighted by Gasteiger charge is 2.30.